The van der Waals surface area contributed by atoms with Crippen molar-refractivity contribution in [1.82, 2.24) is 0 Å². The van der Waals surface area contributed by atoms with Crippen LogP contribution in [-0.2, 0) is 15.9 Å². The number of benzene rings is 1. The van der Waals surface area contributed by atoms with Crippen LogP contribution in [0.5, 0.6) is 0 Å². The molecule has 5 heteroatoms. The summed E-state index contributed by atoms with van der Waals surface area (Å²) in [6.07, 6.45) is 0. The average molecular weight is 312 g/mol. The second kappa shape index (κ2) is 5.44. The van der Waals surface area contributed by atoms with E-state index in [4.69, 9.17) is 4.55 Å². The van der Waals surface area contributed by atoms with Crippen LogP contribution in [0.15, 0.2) is 30.3 Å². The number of rotatable bonds is 2. The van der Waals surface area contributed by atoms with Gasteiger partial charge in [-0.15, -0.1) is 0 Å². The Kier molecular flexibility index (Phi) is 5.75. The first-order chi connectivity index (χ1) is 5.08. The molecule has 0 fully saturated rings. The van der Waals surface area contributed by atoms with Crippen LogP contribution in [0, 0.1) is 0 Å². The fourth-order valence-corrected chi connectivity index (χ4v) is 1.40. The summed E-state index contributed by atoms with van der Waals surface area (Å²) in [5.41, 5.74) is 0.593. The van der Waals surface area contributed by atoms with E-state index in [2.05, 4.69) is 0 Å². The van der Waals surface area contributed by atoms with E-state index in [0.717, 1.165) is 0 Å². The second-order valence-corrected chi connectivity index (χ2v) is 3.66. The van der Waals surface area contributed by atoms with Crippen molar-refractivity contribution in [3.8, 4) is 0 Å². The summed E-state index contributed by atoms with van der Waals surface area (Å²) in [6, 6.07) is 8.52. The molecule has 0 saturated heterocycles. The van der Waals surface area contributed by atoms with Gasteiger partial charge in [0.25, 0.3) is 10.1 Å². The predicted molar refractivity (Wildman–Crippen MR) is 50.2 cm³/mol. The summed E-state index contributed by atoms with van der Waals surface area (Å²) in [5.74, 6) is -0.312. The maximum absolute atomic E-state index is 10.4. The minimum atomic E-state index is -3.88. The molecule has 0 bridgehead atoms. The van der Waals surface area contributed by atoms with E-state index >= 15 is 0 Å². The molecule has 0 unspecified atom stereocenters. The molecule has 64 valence electrons. The molecule has 0 radical (unpaired) electrons. The summed E-state index contributed by atoms with van der Waals surface area (Å²) in [4.78, 5) is 0. The van der Waals surface area contributed by atoms with Gasteiger partial charge < -0.3 is 0 Å². The zero-order chi connectivity index (χ0) is 8.32. The predicted octanol–water partition coefficient (Wildman–Crippen LogP) is 0.158. The zero-order valence-corrected chi connectivity index (χ0v) is 6.58. The summed E-state index contributed by atoms with van der Waals surface area (Å²) in [6.45, 7) is 0. The van der Waals surface area contributed by atoms with Crippen molar-refractivity contribution in [2.24, 2.45) is 0 Å². The number of hydrogen-bond donors (Lipinski definition) is 1. The third-order valence-electron chi connectivity index (χ3n) is 1.19. The van der Waals surface area contributed by atoms with E-state index in [1.54, 1.807) is 30.3 Å². The average Bonchev–Trinajstić information content (AvgIpc) is 1.85. The van der Waals surface area contributed by atoms with E-state index < -0.39 is 10.1 Å². The van der Waals surface area contributed by atoms with Crippen LogP contribution in [0.2, 0.25) is 0 Å². The van der Waals surface area contributed by atoms with Crippen molar-refractivity contribution in [2.75, 3.05) is 0 Å². The van der Waals surface area contributed by atoms with Crippen LogP contribution in [0.25, 0.3) is 0 Å². The third kappa shape index (κ3) is 5.37. The summed E-state index contributed by atoms with van der Waals surface area (Å²) < 4.78 is 29.2. The Balaban J connectivity index is 0.00000121. The van der Waals surface area contributed by atoms with Crippen LogP contribution >= 0.6 is 0 Å². The Labute approximate surface area is 112 Å². The molecule has 0 amide bonds. The van der Waals surface area contributed by atoms with Gasteiger partial charge in [0.2, 0.25) is 0 Å². The summed E-state index contributed by atoms with van der Waals surface area (Å²) >= 11 is 0. The zero-order valence-electron chi connectivity index (χ0n) is 5.77. The Morgan fingerprint density at radius 2 is 1.67 bits per heavy atom. The Hall–Kier alpha value is 0.701. The Morgan fingerprint density at radius 3 is 2.08 bits per heavy atom. The van der Waals surface area contributed by atoms with Crippen molar-refractivity contribution < 1.29 is 13.0 Å². The van der Waals surface area contributed by atoms with Crippen LogP contribution < -0.4 is 0 Å². The van der Waals surface area contributed by atoms with E-state index in [-0.39, 0.29) is 54.6 Å². The summed E-state index contributed by atoms with van der Waals surface area (Å²) in [5, 5.41) is 0. The van der Waals surface area contributed by atoms with Crippen molar-refractivity contribution >= 4 is 59.0 Å². The van der Waals surface area contributed by atoms with E-state index in [1.165, 1.54) is 0 Å². The molecule has 0 atom stereocenters. The molecule has 1 aromatic carbocycles. The quantitative estimate of drug-likeness (QED) is 0.625. The van der Waals surface area contributed by atoms with Gasteiger partial charge in [0, 0.05) is 0 Å². The maximum atomic E-state index is 10.4. The Bertz CT molecular complexity index is 320. The fourth-order valence-electron chi connectivity index (χ4n) is 0.785. The molecule has 12 heavy (non-hydrogen) atoms. The molecule has 1 aromatic rings. The molecule has 1 rings (SSSR count). The van der Waals surface area contributed by atoms with Gasteiger partial charge in [-0.1, -0.05) is 30.3 Å². The Morgan fingerprint density at radius 1 is 1.17 bits per heavy atom. The van der Waals surface area contributed by atoms with Crippen molar-refractivity contribution in [3.63, 3.8) is 0 Å². The molecule has 0 aliphatic carbocycles. The molecule has 0 saturated carbocycles. The molecule has 0 aromatic heterocycles. The molecular weight excluding hydrogens is 301 g/mol. The molecular formula is C7H10BaO3S. The molecule has 1 N–H and O–H groups in total. The monoisotopic (exact) mass is 312 g/mol. The SMILES string of the molecule is O=S(=O)(O)Cc1ccccc1.[BaH2]. The normalized spacial score (nSPS) is 10.4. The molecule has 0 aliphatic rings. The van der Waals surface area contributed by atoms with Crippen LogP contribution in [0.1, 0.15) is 5.56 Å². The first-order valence-corrected chi connectivity index (χ1v) is 4.68. The van der Waals surface area contributed by atoms with Gasteiger partial charge in [0.15, 0.2) is 0 Å². The van der Waals surface area contributed by atoms with E-state index in [0.29, 0.717) is 5.56 Å². The third-order valence-corrected chi connectivity index (χ3v) is 1.89. The van der Waals surface area contributed by atoms with Crippen molar-refractivity contribution in [3.05, 3.63) is 35.9 Å². The second-order valence-electron chi connectivity index (χ2n) is 2.21. The van der Waals surface area contributed by atoms with Gasteiger partial charge in [0.05, 0.1) is 0 Å². The van der Waals surface area contributed by atoms with Crippen LogP contribution in [0.3, 0.4) is 0 Å². The molecule has 3 nitrogen and oxygen atoms in total. The standard InChI is InChI=1S/C7H8O3S.Ba.2H/c8-11(9,10)6-7-4-2-1-3-5-7;;;/h1-5H,6H2,(H,8,9,10);;;. The first kappa shape index (κ1) is 12.7. The van der Waals surface area contributed by atoms with E-state index in [1.807, 2.05) is 0 Å². The van der Waals surface area contributed by atoms with Gasteiger partial charge in [0.1, 0.15) is 5.75 Å². The van der Waals surface area contributed by atoms with E-state index in [9.17, 15) is 8.42 Å². The van der Waals surface area contributed by atoms with Gasteiger partial charge in [-0.3, -0.25) is 4.55 Å². The van der Waals surface area contributed by atoms with Gasteiger partial charge in [-0.2, -0.15) is 8.42 Å². The topological polar surface area (TPSA) is 54.4 Å². The minimum absolute atomic E-state index is 0. The summed E-state index contributed by atoms with van der Waals surface area (Å²) in [7, 11) is -3.88. The van der Waals surface area contributed by atoms with Gasteiger partial charge in [-0.05, 0) is 5.56 Å². The van der Waals surface area contributed by atoms with Crippen LogP contribution in [-0.4, -0.2) is 61.9 Å². The molecule has 0 spiro atoms. The number of hydrogen-bond acceptors (Lipinski definition) is 2. The van der Waals surface area contributed by atoms with Crippen LogP contribution in [0.4, 0.5) is 0 Å². The molecule has 0 heterocycles. The van der Waals surface area contributed by atoms with Gasteiger partial charge >= 0.3 is 48.9 Å². The van der Waals surface area contributed by atoms with Crippen molar-refractivity contribution in [2.45, 2.75) is 5.75 Å². The fraction of sp³-hybridized carbons (Fsp3) is 0.143. The molecule has 0 aliphatic heterocycles. The van der Waals surface area contributed by atoms with Crippen molar-refractivity contribution in [1.29, 1.82) is 0 Å². The first-order valence-electron chi connectivity index (χ1n) is 3.07. The van der Waals surface area contributed by atoms with Gasteiger partial charge in [-0.25, -0.2) is 0 Å².